The first-order valence-electron chi connectivity index (χ1n) is 8.27. The highest BCUT2D eigenvalue weighted by Gasteiger charge is 2.13. The second-order valence-electron chi connectivity index (χ2n) is 5.66. The van der Waals surface area contributed by atoms with Crippen LogP contribution in [0.15, 0.2) is 48.5 Å². The molecule has 118 valence electrons. The normalized spacial score (nSPS) is 10.5. The Morgan fingerprint density at radius 1 is 1.00 bits per heavy atom. The molecule has 0 aliphatic rings. The number of nitrogens with zero attached hydrogens (tertiary/aromatic N) is 1. The molecule has 2 aromatic rings. The van der Waals surface area contributed by atoms with Gasteiger partial charge in [0.15, 0.2) is 0 Å². The number of aryl methyl sites for hydroxylation is 1. The lowest BCUT2D eigenvalue weighted by Crippen LogP contribution is -2.24. The highest BCUT2D eigenvalue weighted by molar-refractivity contribution is 5.60. The third-order valence-corrected chi connectivity index (χ3v) is 3.75. The molecule has 0 spiro atoms. The highest BCUT2D eigenvalue weighted by Crippen LogP contribution is 2.31. The van der Waals surface area contributed by atoms with Crippen molar-refractivity contribution in [2.75, 3.05) is 18.1 Å². The van der Waals surface area contributed by atoms with Crippen LogP contribution in [0.1, 0.15) is 37.8 Å². The fraction of sp³-hybridized carbons (Fsp3) is 0.400. The Morgan fingerprint density at radius 3 is 2.45 bits per heavy atom. The summed E-state index contributed by atoms with van der Waals surface area (Å²) in [5, 5.41) is 0. The summed E-state index contributed by atoms with van der Waals surface area (Å²) in [6.45, 7) is 9.08. The first-order chi connectivity index (χ1) is 10.7. The summed E-state index contributed by atoms with van der Waals surface area (Å²) in [7, 11) is 0. The summed E-state index contributed by atoms with van der Waals surface area (Å²) in [4.78, 5) is 2.44. The molecule has 0 unspecified atom stereocenters. The average molecular weight is 297 g/mol. The van der Waals surface area contributed by atoms with E-state index in [2.05, 4.69) is 67.3 Å². The molecule has 2 rings (SSSR count). The molecule has 2 aromatic carbocycles. The maximum absolute atomic E-state index is 5.85. The third kappa shape index (κ3) is 4.52. The molecule has 0 atom stereocenters. The van der Waals surface area contributed by atoms with Crippen LogP contribution in [0.3, 0.4) is 0 Å². The summed E-state index contributed by atoms with van der Waals surface area (Å²) in [6.07, 6.45) is 2.38. The van der Waals surface area contributed by atoms with Crippen LogP contribution >= 0.6 is 0 Å². The lowest BCUT2D eigenvalue weighted by Gasteiger charge is -2.27. The van der Waals surface area contributed by atoms with Gasteiger partial charge in [0.2, 0.25) is 0 Å². The van der Waals surface area contributed by atoms with Crippen LogP contribution in [0.2, 0.25) is 0 Å². The zero-order valence-corrected chi connectivity index (χ0v) is 14.0. The van der Waals surface area contributed by atoms with Crippen LogP contribution in [0, 0.1) is 6.92 Å². The molecule has 2 heteroatoms. The number of hydrogen-bond donors (Lipinski definition) is 0. The van der Waals surface area contributed by atoms with Gasteiger partial charge in [-0.25, -0.2) is 0 Å². The maximum atomic E-state index is 5.85. The van der Waals surface area contributed by atoms with Crippen LogP contribution in [0.5, 0.6) is 5.75 Å². The summed E-state index contributed by atoms with van der Waals surface area (Å²) in [5.41, 5.74) is 3.81. The van der Waals surface area contributed by atoms with Gasteiger partial charge >= 0.3 is 0 Å². The van der Waals surface area contributed by atoms with Crippen LogP contribution in [0.4, 0.5) is 5.69 Å². The van der Waals surface area contributed by atoms with Crippen LogP contribution in [-0.4, -0.2) is 13.2 Å². The molecule has 0 N–H and O–H groups in total. The number of unbranched alkanes of at least 4 members (excludes halogenated alkanes) is 1. The van der Waals surface area contributed by atoms with E-state index in [4.69, 9.17) is 4.74 Å². The molecular weight excluding hydrogens is 270 g/mol. The van der Waals surface area contributed by atoms with Crippen molar-refractivity contribution in [1.29, 1.82) is 0 Å². The van der Waals surface area contributed by atoms with E-state index in [0.29, 0.717) is 6.61 Å². The van der Waals surface area contributed by atoms with E-state index in [1.807, 2.05) is 6.92 Å². The number of anilines is 1. The SMILES string of the molecule is CCCCN(Cc1ccccc1)c1cc(C)ccc1OCC. The van der Waals surface area contributed by atoms with E-state index in [9.17, 15) is 0 Å². The third-order valence-electron chi connectivity index (χ3n) is 3.75. The largest absolute Gasteiger partial charge is 0.492 e. The van der Waals surface area contributed by atoms with Crippen molar-refractivity contribution >= 4 is 5.69 Å². The van der Waals surface area contributed by atoms with Gasteiger partial charge in [0.25, 0.3) is 0 Å². The van der Waals surface area contributed by atoms with Crippen LogP contribution < -0.4 is 9.64 Å². The Labute approximate surface area is 134 Å². The zero-order valence-electron chi connectivity index (χ0n) is 14.0. The predicted molar refractivity (Wildman–Crippen MR) is 94.7 cm³/mol. The molecule has 0 aromatic heterocycles. The van der Waals surface area contributed by atoms with E-state index >= 15 is 0 Å². The first-order valence-corrected chi connectivity index (χ1v) is 8.27. The maximum Gasteiger partial charge on any atom is 0.142 e. The Hall–Kier alpha value is -1.96. The van der Waals surface area contributed by atoms with Crippen molar-refractivity contribution in [1.82, 2.24) is 0 Å². The minimum atomic E-state index is 0.697. The van der Waals surface area contributed by atoms with Crippen molar-refractivity contribution in [3.63, 3.8) is 0 Å². The van der Waals surface area contributed by atoms with E-state index < -0.39 is 0 Å². The molecular formula is C20H27NO. The monoisotopic (exact) mass is 297 g/mol. The topological polar surface area (TPSA) is 12.5 Å². The van der Waals surface area contributed by atoms with Crippen LogP contribution in [-0.2, 0) is 6.54 Å². The molecule has 0 saturated carbocycles. The van der Waals surface area contributed by atoms with Gasteiger partial charge in [0, 0.05) is 13.1 Å². The van der Waals surface area contributed by atoms with Gasteiger partial charge in [-0.15, -0.1) is 0 Å². The Morgan fingerprint density at radius 2 is 1.77 bits per heavy atom. The van der Waals surface area contributed by atoms with Crippen LogP contribution in [0.25, 0.3) is 0 Å². The quantitative estimate of drug-likeness (QED) is 0.664. The molecule has 0 amide bonds. The van der Waals surface area contributed by atoms with Gasteiger partial charge in [-0.1, -0.05) is 49.7 Å². The van der Waals surface area contributed by atoms with Crippen molar-refractivity contribution in [2.24, 2.45) is 0 Å². The Bertz CT molecular complexity index is 565. The summed E-state index contributed by atoms with van der Waals surface area (Å²) >= 11 is 0. The van der Waals surface area contributed by atoms with Crippen molar-refractivity contribution in [3.8, 4) is 5.75 Å². The molecule has 0 aliphatic carbocycles. The second-order valence-corrected chi connectivity index (χ2v) is 5.66. The predicted octanol–water partition coefficient (Wildman–Crippen LogP) is 5.20. The van der Waals surface area contributed by atoms with Gasteiger partial charge < -0.3 is 9.64 Å². The Balaban J connectivity index is 2.29. The van der Waals surface area contributed by atoms with Gasteiger partial charge in [0.05, 0.1) is 12.3 Å². The number of rotatable bonds is 8. The number of ether oxygens (including phenoxy) is 1. The molecule has 22 heavy (non-hydrogen) atoms. The minimum absolute atomic E-state index is 0.697. The molecule has 0 heterocycles. The number of hydrogen-bond acceptors (Lipinski definition) is 2. The van der Waals surface area contributed by atoms with Gasteiger partial charge in [0.1, 0.15) is 5.75 Å². The fourth-order valence-corrected chi connectivity index (χ4v) is 2.59. The van der Waals surface area contributed by atoms with Crippen molar-refractivity contribution in [2.45, 2.75) is 40.2 Å². The van der Waals surface area contributed by atoms with Gasteiger partial charge in [-0.3, -0.25) is 0 Å². The van der Waals surface area contributed by atoms with E-state index in [0.717, 1.165) is 18.8 Å². The van der Waals surface area contributed by atoms with Gasteiger partial charge in [-0.05, 0) is 43.5 Å². The fourth-order valence-electron chi connectivity index (χ4n) is 2.59. The van der Waals surface area contributed by atoms with E-state index in [1.165, 1.54) is 29.7 Å². The highest BCUT2D eigenvalue weighted by atomic mass is 16.5. The van der Waals surface area contributed by atoms with Crippen molar-refractivity contribution in [3.05, 3.63) is 59.7 Å². The molecule has 0 bridgehead atoms. The lowest BCUT2D eigenvalue weighted by molar-refractivity contribution is 0.340. The van der Waals surface area contributed by atoms with Gasteiger partial charge in [-0.2, -0.15) is 0 Å². The molecule has 0 radical (unpaired) electrons. The lowest BCUT2D eigenvalue weighted by atomic mass is 10.1. The van der Waals surface area contributed by atoms with E-state index in [1.54, 1.807) is 0 Å². The Kier molecular flexibility index (Phi) is 6.32. The molecule has 2 nitrogen and oxygen atoms in total. The molecule has 0 fully saturated rings. The first kappa shape index (κ1) is 16.4. The summed E-state index contributed by atoms with van der Waals surface area (Å²) in [6, 6.07) is 17.1. The molecule has 0 saturated heterocycles. The number of benzene rings is 2. The zero-order chi connectivity index (χ0) is 15.8. The van der Waals surface area contributed by atoms with E-state index in [-0.39, 0.29) is 0 Å². The smallest absolute Gasteiger partial charge is 0.142 e. The summed E-state index contributed by atoms with van der Waals surface area (Å²) in [5.74, 6) is 0.986. The molecule has 0 aliphatic heterocycles. The average Bonchev–Trinajstić information content (AvgIpc) is 2.54. The minimum Gasteiger partial charge on any atom is -0.492 e. The summed E-state index contributed by atoms with van der Waals surface area (Å²) < 4.78 is 5.85. The standard InChI is InChI=1S/C20H27NO/c1-4-6-14-21(16-18-10-8-7-9-11-18)19-15-17(3)12-13-20(19)22-5-2/h7-13,15H,4-6,14,16H2,1-3H3. The van der Waals surface area contributed by atoms with Crippen molar-refractivity contribution < 1.29 is 4.74 Å². The second kappa shape index (κ2) is 8.47.